The van der Waals surface area contributed by atoms with Gasteiger partial charge in [-0.05, 0) is 38.0 Å². The molecule has 1 amide bonds. The lowest BCUT2D eigenvalue weighted by atomic mass is 9.93. The summed E-state index contributed by atoms with van der Waals surface area (Å²) in [5.74, 6) is -3.42. The van der Waals surface area contributed by atoms with Crippen molar-refractivity contribution in [2.75, 3.05) is 6.54 Å². The molecular weight excluding hydrogens is 332 g/mol. The van der Waals surface area contributed by atoms with Crippen LogP contribution >= 0.6 is 0 Å². The quantitative estimate of drug-likeness (QED) is 0.924. The maximum absolute atomic E-state index is 13.8. The number of hydrogen-bond acceptors (Lipinski definition) is 3. The van der Waals surface area contributed by atoms with Crippen molar-refractivity contribution in [2.24, 2.45) is 5.92 Å². The summed E-state index contributed by atoms with van der Waals surface area (Å²) >= 11 is 0. The second-order valence-corrected chi connectivity index (χ2v) is 6.16. The number of carboxylic acids is 1. The van der Waals surface area contributed by atoms with Crippen molar-refractivity contribution in [2.45, 2.75) is 25.8 Å². The molecule has 8 heteroatoms. The van der Waals surface area contributed by atoms with E-state index < -0.39 is 29.4 Å². The second kappa shape index (κ2) is 6.62. The molecule has 0 saturated carbocycles. The number of piperidine rings is 1. The number of benzene rings is 1. The van der Waals surface area contributed by atoms with Crippen LogP contribution in [-0.2, 0) is 4.79 Å². The van der Waals surface area contributed by atoms with Crippen molar-refractivity contribution >= 4 is 11.9 Å². The number of hydrogen-bond donors (Lipinski definition) is 1. The summed E-state index contributed by atoms with van der Waals surface area (Å²) in [6.45, 7) is 1.97. The Bertz CT molecular complexity index is 821. The van der Waals surface area contributed by atoms with Crippen molar-refractivity contribution in [3.8, 4) is 5.69 Å². The molecule has 1 aliphatic heterocycles. The normalized spacial score (nSPS) is 20.5. The Morgan fingerprint density at radius 1 is 1.24 bits per heavy atom. The lowest BCUT2D eigenvalue weighted by molar-refractivity contribution is -0.143. The molecule has 132 valence electrons. The fraction of sp³-hybridized carbons (Fsp3) is 0.353. The first-order valence-electron chi connectivity index (χ1n) is 7.91. The van der Waals surface area contributed by atoms with Gasteiger partial charge in [0.15, 0.2) is 11.5 Å². The summed E-state index contributed by atoms with van der Waals surface area (Å²) in [6.07, 6.45) is 2.53. The highest BCUT2D eigenvalue weighted by Gasteiger charge is 2.33. The first-order valence-corrected chi connectivity index (χ1v) is 7.91. The van der Waals surface area contributed by atoms with Crippen LogP contribution < -0.4 is 0 Å². The number of nitrogens with zero attached hydrogens (tertiary/aromatic N) is 3. The smallest absolute Gasteiger partial charge is 0.308 e. The Morgan fingerprint density at radius 2 is 2.00 bits per heavy atom. The first kappa shape index (κ1) is 17.1. The highest BCUT2D eigenvalue weighted by Crippen LogP contribution is 2.24. The van der Waals surface area contributed by atoms with Gasteiger partial charge in [-0.15, -0.1) is 0 Å². The Labute approximate surface area is 142 Å². The maximum atomic E-state index is 13.8. The van der Waals surface area contributed by atoms with E-state index in [9.17, 15) is 23.5 Å². The fourth-order valence-corrected chi connectivity index (χ4v) is 2.98. The third-order valence-corrected chi connectivity index (χ3v) is 4.46. The Balaban J connectivity index is 1.83. The number of aromatic nitrogens is 2. The Hall–Kier alpha value is -2.77. The van der Waals surface area contributed by atoms with Crippen molar-refractivity contribution in [3.63, 3.8) is 0 Å². The number of halogens is 2. The van der Waals surface area contributed by atoms with Crippen molar-refractivity contribution in [3.05, 3.63) is 47.8 Å². The second-order valence-electron chi connectivity index (χ2n) is 6.16. The van der Waals surface area contributed by atoms with E-state index in [1.54, 1.807) is 0 Å². The number of carboxylic acid groups (broad SMARTS) is 1. The monoisotopic (exact) mass is 349 g/mol. The van der Waals surface area contributed by atoms with Crippen LogP contribution in [0.1, 0.15) is 30.3 Å². The minimum Gasteiger partial charge on any atom is -0.481 e. The number of carbonyl (C=O) groups is 2. The molecule has 1 aromatic carbocycles. The Morgan fingerprint density at radius 3 is 2.68 bits per heavy atom. The number of carbonyl (C=O) groups excluding carboxylic acids is 1. The molecule has 1 aromatic heterocycles. The van der Waals surface area contributed by atoms with Crippen LogP contribution in [0.15, 0.2) is 30.5 Å². The fourth-order valence-electron chi connectivity index (χ4n) is 2.98. The molecule has 2 unspecified atom stereocenters. The number of amides is 1. The molecule has 1 aliphatic rings. The van der Waals surface area contributed by atoms with Gasteiger partial charge in [0.25, 0.3) is 5.91 Å². The summed E-state index contributed by atoms with van der Waals surface area (Å²) in [6, 6.07) is 4.41. The van der Waals surface area contributed by atoms with Crippen LogP contribution in [0.4, 0.5) is 8.78 Å². The predicted molar refractivity (Wildman–Crippen MR) is 84.3 cm³/mol. The molecule has 1 fully saturated rings. The number of rotatable bonds is 3. The van der Waals surface area contributed by atoms with E-state index in [1.165, 1.54) is 23.2 Å². The highest BCUT2D eigenvalue weighted by atomic mass is 19.1. The van der Waals surface area contributed by atoms with Crippen LogP contribution in [0.2, 0.25) is 0 Å². The molecule has 0 bridgehead atoms. The molecule has 0 radical (unpaired) electrons. The predicted octanol–water partition coefficient (Wildman–Crippen LogP) is 2.48. The van der Waals surface area contributed by atoms with Crippen molar-refractivity contribution in [1.82, 2.24) is 14.7 Å². The van der Waals surface area contributed by atoms with E-state index >= 15 is 0 Å². The molecule has 2 aromatic rings. The molecule has 2 heterocycles. The van der Waals surface area contributed by atoms with E-state index in [2.05, 4.69) is 5.10 Å². The van der Waals surface area contributed by atoms with Crippen LogP contribution in [0.25, 0.3) is 5.69 Å². The Kier molecular flexibility index (Phi) is 4.52. The van der Waals surface area contributed by atoms with Gasteiger partial charge in [0.05, 0.1) is 5.92 Å². The number of aliphatic carboxylic acids is 1. The SMILES string of the molecule is CC1CCC(C(=O)O)CN1C(=O)c1ccn(-c2ccc(F)cc2F)n1. The van der Waals surface area contributed by atoms with E-state index in [-0.39, 0.29) is 24.0 Å². The average molecular weight is 349 g/mol. The summed E-state index contributed by atoms with van der Waals surface area (Å²) in [4.78, 5) is 25.3. The molecule has 25 heavy (non-hydrogen) atoms. The van der Waals surface area contributed by atoms with Gasteiger partial charge in [-0.3, -0.25) is 9.59 Å². The molecule has 3 rings (SSSR count). The van der Waals surface area contributed by atoms with E-state index in [1.807, 2.05) is 6.92 Å². The molecule has 1 saturated heterocycles. The van der Waals surface area contributed by atoms with Crippen LogP contribution in [-0.4, -0.2) is 44.3 Å². The minimum atomic E-state index is -0.927. The minimum absolute atomic E-state index is 0.0237. The van der Waals surface area contributed by atoms with E-state index in [0.717, 1.165) is 16.8 Å². The zero-order valence-electron chi connectivity index (χ0n) is 13.5. The van der Waals surface area contributed by atoms with Gasteiger partial charge in [-0.2, -0.15) is 5.10 Å². The molecule has 6 nitrogen and oxygen atoms in total. The summed E-state index contributed by atoms with van der Waals surface area (Å²) in [7, 11) is 0. The zero-order chi connectivity index (χ0) is 18.1. The molecule has 0 spiro atoms. The third-order valence-electron chi connectivity index (χ3n) is 4.46. The molecular formula is C17H17F2N3O3. The van der Waals surface area contributed by atoms with E-state index in [4.69, 9.17) is 0 Å². The summed E-state index contributed by atoms with van der Waals surface area (Å²) < 4.78 is 28.0. The van der Waals surface area contributed by atoms with Gasteiger partial charge in [0, 0.05) is 24.8 Å². The van der Waals surface area contributed by atoms with Gasteiger partial charge in [0.2, 0.25) is 0 Å². The zero-order valence-corrected chi connectivity index (χ0v) is 13.5. The van der Waals surface area contributed by atoms with Gasteiger partial charge < -0.3 is 10.0 Å². The average Bonchev–Trinajstić information content (AvgIpc) is 3.04. The topological polar surface area (TPSA) is 75.4 Å². The lowest BCUT2D eigenvalue weighted by Crippen LogP contribution is -2.47. The summed E-state index contributed by atoms with van der Waals surface area (Å²) in [5.41, 5.74) is 0.108. The first-order chi connectivity index (χ1) is 11.9. The maximum Gasteiger partial charge on any atom is 0.308 e. The number of likely N-dealkylation sites (tertiary alicyclic amines) is 1. The van der Waals surface area contributed by atoms with Gasteiger partial charge >= 0.3 is 5.97 Å². The largest absolute Gasteiger partial charge is 0.481 e. The molecule has 1 N–H and O–H groups in total. The molecule has 0 aliphatic carbocycles. The van der Waals surface area contributed by atoms with Crippen molar-refractivity contribution in [1.29, 1.82) is 0 Å². The van der Waals surface area contributed by atoms with Crippen LogP contribution in [0, 0.1) is 17.6 Å². The van der Waals surface area contributed by atoms with E-state index in [0.29, 0.717) is 12.8 Å². The molecule has 2 atom stereocenters. The highest BCUT2D eigenvalue weighted by molar-refractivity contribution is 5.93. The summed E-state index contributed by atoms with van der Waals surface area (Å²) in [5, 5.41) is 13.2. The van der Waals surface area contributed by atoms with Crippen LogP contribution in [0.5, 0.6) is 0 Å². The standard InChI is InChI=1S/C17H17F2N3O3/c1-10-2-3-11(17(24)25)9-21(10)16(23)14-6-7-22(20-14)15-5-4-12(18)8-13(15)19/h4-8,10-11H,2-3,9H2,1H3,(H,24,25). The van der Waals surface area contributed by atoms with Gasteiger partial charge in [0.1, 0.15) is 11.5 Å². The van der Waals surface area contributed by atoms with Gasteiger partial charge in [-0.1, -0.05) is 0 Å². The van der Waals surface area contributed by atoms with Crippen molar-refractivity contribution < 1.29 is 23.5 Å². The van der Waals surface area contributed by atoms with Crippen LogP contribution in [0.3, 0.4) is 0 Å². The lowest BCUT2D eigenvalue weighted by Gasteiger charge is -2.36. The third kappa shape index (κ3) is 3.38. The van der Waals surface area contributed by atoms with Gasteiger partial charge in [-0.25, -0.2) is 13.5 Å².